The SMILES string of the molecule is CC(=O)O[C@@H]1[C@@H](N2CCN/C2=N\C#N)c2cc(C#N)ccc2OC1(C)C. The van der Waals surface area contributed by atoms with Crippen molar-refractivity contribution in [1.29, 1.82) is 10.5 Å². The van der Waals surface area contributed by atoms with Gasteiger partial charge in [-0.1, -0.05) is 0 Å². The lowest BCUT2D eigenvalue weighted by Crippen LogP contribution is -2.56. The number of esters is 1. The van der Waals surface area contributed by atoms with Crippen molar-refractivity contribution in [2.24, 2.45) is 4.99 Å². The van der Waals surface area contributed by atoms with Crippen LogP contribution >= 0.6 is 0 Å². The van der Waals surface area contributed by atoms with E-state index in [0.717, 1.165) is 5.56 Å². The summed E-state index contributed by atoms with van der Waals surface area (Å²) >= 11 is 0. The summed E-state index contributed by atoms with van der Waals surface area (Å²) in [6, 6.07) is 6.85. The molecule has 1 saturated heterocycles. The number of carbonyl (C=O) groups excluding carboxylic acids is 1. The zero-order valence-electron chi connectivity index (χ0n) is 14.8. The largest absolute Gasteiger partial charge is 0.484 e. The number of hydrogen-bond donors (Lipinski definition) is 1. The molecule has 0 amide bonds. The van der Waals surface area contributed by atoms with Crippen molar-refractivity contribution >= 4 is 11.9 Å². The number of ether oxygens (including phenoxy) is 2. The van der Waals surface area contributed by atoms with Gasteiger partial charge in [-0.05, 0) is 32.0 Å². The quantitative estimate of drug-likeness (QED) is 0.632. The molecule has 0 spiro atoms. The molecule has 0 radical (unpaired) electrons. The van der Waals surface area contributed by atoms with E-state index in [1.54, 1.807) is 24.4 Å². The van der Waals surface area contributed by atoms with E-state index in [4.69, 9.17) is 14.7 Å². The van der Waals surface area contributed by atoms with Crippen molar-refractivity contribution in [3.05, 3.63) is 29.3 Å². The Bertz CT molecular complexity index is 849. The monoisotopic (exact) mass is 353 g/mol. The van der Waals surface area contributed by atoms with E-state index >= 15 is 0 Å². The Kier molecular flexibility index (Phi) is 4.43. The Balaban J connectivity index is 2.17. The van der Waals surface area contributed by atoms with Crippen LogP contribution in [0.3, 0.4) is 0 Å². The maximum Gasteiger partial charge on any atom is 0.303 e. The van der Waals surface area contributed by atoms with Crippen molar-refractivity contribution in [1.82, 2.24) is 10.2 Å². The van der Waals surface area contributed by atoms with E-state index in [1.807, 2.05) is 18.7 Å². The van der Waals surface area contributed by atoms with Crippen molar-refractivity contribution in [2.45, 2.75) is 38.5 Å². The summed E-state index contributed by atoms with van der Waals surface area (Å²) in [6.07, 6.45) is 1.15. The van der Waals surface area contributed by atoms with E-state index in [0.29, 0.717) is 30.4 Å². The second-order valence-electron chi connectivity index (χ2n) is 6.70. The number of carbonyl (C=O) groups is 1. The minimum atomic E-state index is -0.808. The number of rotatable bonds is 2. The molecule has 3 rings (SSSR count). The first-order chi connectivity index (χ1) is 12.4. The molecule has 0 saturated carbocycles. The van der Waals surface area contributed by atoms with E-state index in [-0.39, 0.29) is 0 Å². The van der Waals surface area contributed by atoms with Gasteiger partial charge >= 0.3 is 5.97 Å². The predicted octanol–water partition coefficient (Wildman–Crippen LogP) is 1.44. The summed E-state index contributed by atoms with van der Waals surface area (Å²) in [5.74, 6) is 0.605. The topological polar surface area (TPSA) is 111 Å². The van der Waals surface area contributed by atoms with Gasteiger partial charge in [0, 0.05) is 25.6 Å². The van der Waals surface area contributed by atoms with E-state index in [9.17, 15) is 10.1 Å². The van der Waals surface area contributed by atoms with Gasteiger partial charge in [-0.15, -0.1) is 4.99 Å². The lowest BCUT2D eigenvalue weighted by Gasteiger charge is -2.46. The Morgan fingerprint density at radius 3 is 2.88 bits per heavy atom. The Morgan fingerprint density at radius 2 is 2.23 bits per heavy atom. The van der Waals surface area contributed by atoms with Crippen LogP contribution in [0.1, 0.15) is 37.9 Å². The third kappa shape index (κ3) is 3.02. The second-order valence-corrected chi connectivity index (χ2v) is 6.70. The third-order valence-corrected chi connectivity index (χ3v) is 4.49. The lowest BCUT2D eigenvalue weighted by molar-refractivity contribution is -0.166. The molecule has 8 heteroatoms. The predicted molar refractivity (Wildman–Crippen MR) is 91.9 cm³/mol. The van der Waals surface area contributed by atoms with Gasteiger partial charge in [0.25, 0.3) is 0 Å². The van der Waals surface area contributed by atoms with Crippen LogP contribution in [0, 0.1) is 22.8 Å². The van der Waals surface area contributed by atoms with Gasteiger partial charge in [-0.2, -0.15) is 10.5 Å². The van der Waals surface area contributed by atoms with Gasteiger partial charge in [0.15, 0.2) is 6.10 Å². The number of nitrogens with zero attached hydrogens (tertiary/aromatic N) is 4. The number of nitrogens with one attached hydrogen (secondary N) is 1. The number of hydrogen-bond acceptors (Lipinski definition) is 6. The number of aliphatic imine (C=N–C) groups is 1. The van der Waals surface area contributed by atoms with Gasteiger partial charge < -0.3 is 19.7 Å². The highest BCUT2D eigenvalue weighted by molar-refractivity contribution is 5.83. The summed E-state index contributed by atoms with van der Waals surface area (Å²) in [5, 5.41) is 21.3. The molecule has 0 aliphatic carbocycles. The van der Waals surface area contributed by atoms with Gasteiger partial charge in [-0.25, -0.2) is 0 Å². The summed E-state index contributed by atoms with van der Waals surface area (Å²) in [5.41, 5.74) is 0.395. The standard InChI is InChI=1S/C18H19N5O3/c1-11(24)25-16-15(23-7-6-21-17(23)22-10-20)13-8-12(9-19)4-5-14(13)26-18(16,2)3/h4-5,8,15-16H,6-7H2,1-3H3,(H,21,22)/t15-,16+/m0/s1. The average molecular weight is 353 g/mol. The molecule has 0 unspecified atom stereocenters. The molecule has 2 aliphatic rings. The zero-order valence-corrected chi connectivity index (χ0v) is 14.8. The highest BCUT2D eigenvalue weighted by Crippen LogP contribution is 2.45. The van der Waals surface area contributed by atoms with Gasteiger partial charge in [-0.3, -0.25) is 4.79 Å². The van der Waals surface area contributed by atoms with Crippen LogP contribution in [0.25, 0.3) is 0 Å². The van der Waals surface area contributed by atoms with Crippen LogP contribution in [0.5, 0.6) is 5.75 Å². The first-order valence-corrected chi connectivity index (χ1v) is 8.25. The van der Waals surface area contributed by atoms with Crippen LogP contribution in [-0.4, -0.2) is 41.6 Å². The van der Waals surface area contributed by atoms with Gasteiger partial charge in [0.05, 0.1) is 11.6 Å². The molecular weight excluding hydrogens is 334 g/mol. The molecule has 1 fully saturated rings. The maximum absolute atomic E-state index is 11.8. The Morgan fingerprint density at radius 1 is 1.46 bits per heavy atom. The Labute approximate surface area is 151 Å². The average Bonchev–Trinajstić information content (AvgIpc) is 3.03. The van der Waals surface area contributed by atoms with Crippen molar-refractivity contribution in [3.63, 3.8) is 0 Å². The number of guanidine groups is 1. The molecule has 0 aromatic heterocycles. The molecule has 0 bridgehead atoms. The fraction of sp³-hybridized carbons (Fsp3) is 0.444. The second kappa shape index (κ2) is 6.57. The summed E-state index contributed by atoms with van der Waals surface area (Å²) in [7, 11) is 0. The molecule has 26 heavy (non-hydrogen) atoms. The summed E-state index contributed by atoms with van der Waals surface area (Å²) in [6.45, 7) is 6.23. The molecule has 2 heterocycles. The Hall–Kier alpha value is -3.26. The van der Waals surface area contributed by atoms with Crippen LogP contribution < -0.4 is 10.1 Å². The van der Waals surface area contributed by atoms with E-state index in [1.165, 1.54) is 6.92 Å². The zero-order chi connectivity index (χ0) is 18.9. The minimum absolute atomic E-state index is 0.417. The van der Waals surface area contributed by atoms with Gasteiger partial charge in [0.2, 0.25) is 12.2 Å². The molecule has 1 aromatic carbocycles. The summed E-state index contributed by atoms with van der Waals surface area (Å²) < 4.78 is 11.7. The van der Waals surface area contributed by atoms with Crippen molar-refractivity contribution in [3.8, 4) is 18.0 Å². The molecule has 2 aliphatic heterocycles. The highest BCUT2D eigenvalue weighted by atomic mass is 16.6. The molecular formula is C18H19N5O3. The molecule has 8 nitrogen and oxygen atoms in total. The smallest absolute Gasteiger partial charge is 0.303 e. The van der Waals surface area contributed by atoms with Crippen molar-refractivity contribution in [2.75, 3.05) is 13.1 Å². The highest BCUT2D eigenvalue weighted by Gasteiger charge is 2.50. The molecule has 1 aromatic rings. The number of nitriles is 2. The lowest BCUT2D eigenvalue weighted by atomic mass is 9.84. The molecule has 1 N–H and O–H groups in total. The van der Waals surface area contributed by atoms with E-state index < -0.39 is 23.7 Å². The fourth-order valence-corrected chi connectivity index (χ4v) is 3.46. The minimum Gasteiger partial charge on any atom is -0.484 e. The molecule has 2 atom stereocenters. The number of benzene rings is 1. The van der Waals surface area contributed by atoms with E-state index in [2.05, 4.69) is 16.4 Å². The van der Waals surface area contributed by atoms with Gasteiger partial charge in [0.1, 0.15) is 17.4 Å². The van der Waals surface area contributed by atoms with Crippen LogP contribution in [-0.2, 0) is 9.53 Å². The normalized spacial score (nSPS) is 24.7. The fourth-order valence-electron chi connectivity index (χ4n) is 3.46. The van der Waals surface area contributed by atoms with Crippen molar-refractivity contribution < 1.29 is 14.3 Å². The van der Waals surface area contributed by atoms with Crippen LogP contribution in [0.2, 0.25) is 0 Å². The third-order valence-electron chi connectivity index (χ3n) is 4.49. The maximum atomic E-state index is 11.8. The van der Waals surface area contributed by atoms with Crippen LogP contribution in [0.15, 0.2) is 23.2 Å². The first-order valence-electron chi connectivity index (χ1n) is 8.25. The van der Waals surface area contributed by atoms with Crippen LogP contribution in [0.4, 0.5) is 0 Å². The molecule has 134 valence electrons. The first kappa shape index (κ1) is 17.6. The summed E-state index contributed by atoms with van der Waals surface area (Å²) in [4.78, 5) is 17.5. The number of fused-ring (bicyclic) bond motifs is 1.